The Balaban J connectivity index is 2.11. The topological polar surface area (TPSA) is 26.0 Å². The molecular formula is C18H27BrFN. The van der Waals surface area contributed by atoms with Gasteiger partial charge in [0, 0.05) is 5.54 Å². The van der Waals surface area contributed by atoms with Crippen LogP contribution in [-0.2, 0) is 6.42 Å². The van der Waals surface area contributed by atoms with E-state index in [1.54, 1.807) is 6.07 Å². The third kappa shape index (κ3) is 4.29. The van der Waals surface area contributed by atoms with Crippen molar-refractivity contribution in [1.29, 1.82) is 0 Å². The molecule has 0 spiro atoms. The van der Waals surface area contributed by atoms with Gasteiger partial charge >= 0.3 is 0 Å². The predicted molar refractivity (Wildman–Crippen MR) is 90.8 cm³/mol. The first-order chi connectivity index (χ1) is 9.71. The fourth-order valence-electron chi connectivity index (χ4n) is 3.54. The lowest BCUT2D eigenvalue weighted by Crippen LogP contribution is -2.41. The standard InChI is InChI=1S/C18H27BrFN/c1-17(2,3)14-7-5-10-18(21,11-9-14)12-13-6-4-8-15(20)16(13)19/h4,6,8,14H,5,7,9-12,21H2,1-3H3. The second-order valence-electron chi connectivity index (χ2n) is 7.75. The van der Waals surface area contributed by atoms with Gasteiger partial charge in [0.15, 0.2) is 0 Å². The van der Waals surface area contributed by atoms with E-state index in [4.69, 9.17) is 5.73 Å². The molecule has 1 aliphatic carbocycles. The molecule has 0 heterocycles. The minimum absolute atomic E-state index is 0.197. The zero-order chi connectivity index (χ0) is 15.7. The molecule has 2 N–H and O–H groups in total. The summed E-state index contributed by atoms with van der Waals surface area (Å²) in [5.41, 5.74) is 7.82. The average molecular weight is 356 g/mol. The zero-order valence-electron chi connectivity index (χ0n) is 13.4. The molecule has 1 aliphatic rings. The Kier molecular flexibility index (Phi) is 5.15. The quantitative estimate of drug-likeness (QED) is 0.700. The molecule has 2 rings (SSSR count). The van der Waals surface area contributed by atoms with E-state index < -0.39 is 0 Å². The molecule has 118 valence electrons. The molecule has 0 aliphatic heterocycles. The highest BCUT2D eigenvalue weighted by Crippen LogP contribution is 2.40. The Labute approximate surface area is 136 Å². The lowest BCUT2D eigenvalue weighted by Gasteiger charge is -2.31. The van der Waals surface area contributed by atoms with Crippen molar-refractivity contribution in [3.63, 3.8) is 0 Å². The zero-order valence-corrected chi connectivity index (χ0v) is 15.0. The van der Waals surface area contributed by atoms with Gasteiger partial charge in [0.2, 0.25) is 0 Å². The van der Waals surface area contributed by atoms with Crippen LogP contribution in [0.4, 0.5) is 4.39 Å². The van der Waals surface area contributed by atoms with Crippen molar-refractivity contribution in [2.45, 2.75) is 64.8 Å². The van der Waals surface area contributed by atoms with Gasteiger partial charge in [0.05, 0.1) is 4.47 Å². The molecule has 1 saturated carbocycles. The molecule has 2 atom stereocenters. The molecule has 0 amide bonds. The van der Waals surface area contributed by atoms with Gasteiger partial charge in [-0.05, 0) is 71.0 Å². The van der Waals surface area contributed by atoms with Crippen molar-refractivity contribution in [2.75, 3.05) is 0 Å². The van der Waals surface area contributed by atoms with Gasteiger partial charge in [0.25, 0.3) is 0 Å². The smallest absolute Gasteiger partial charge is 0.137 e. The SMILES string of the molecule is CC(C)(C)C1CCCC(N)(Cc2cccc(F)c2Br)CC1. The van der Waals surface area contributed by atoms with Crippen molar-refractivity contribution < 1.29 is 4.39 Å². The van der Waals surface area contributed by atoms with E-state index in [1.165, 1.54) is 25.3 Å². The normalized spacial score (nSPS) is 27.4. The van der Waals surface area contributed by atoms with Crippen molar-refractivity contribution in [3.05, 3.63) is 34.1 Å². The van der Waals surface area contributed by atoms with Gasteiger partial charge < -0.3 is 5.73 Å². The van der Waals surface area contributed by atoms with Crippen LogP contribution in [0.3, 0.4) is 0 Å². The third-order valence-electron chi connectivity index (χ3n) is 5.02. The maximum absolute atomic E-state index is 13.7. The summed E-state index contributed by atoms with van der Waals surface area (Å²) in [5.74, 6) is 0.538. The van der Waals surface area contributed by atoms with E-state index in [2.05, 4.69) is 36.7 Å². The monoisotopic (exact) mass is 355 g/mol. The number of rotatable bonds is 2. The number of nitrogens with two attached hydrogens (primary N) is 1. The average Bonchev–Trinajstić information content (AvgIpc) is 2.57. The minimum atomic E-state index is -0.198. The lowest BCUT2D eigenvalue weighted by molar-refractivity contribution is 0.210. The van der Waals surface area contributed by atoms with E-state index in [1.807, 2.05) is 6.07 Å². The van der Waals surface area contributed by atoms with Gasteiger partial charge in [0.1, 0.15) is 5.82 Å². The first kappa shape index (κ1) is 17.0. The largest absolute Gasteiger partial charge is 0.325 e. The fourth-order valence-corrected chi connectivity index (χ4v) is 3.94. The summed E-state index contributed by atoms with van der Waals surface area (Å²) in [7, 11) is 0. The highest BCUT2D eigenvalue weighted by atomic mass is 79.9. The Morgan fingerprint density at radius 1 is 1.29 bits per heavy atom. The van der Waals surface area contributed by atoms with Crippen molar-refractivity contribution >= 4 is 15.9 Å². The molecule has 0 saturated heterocycles. The summed E-state index contributed by atoms with van der Waals surface area (Å²) in [5, 5.41) is 0. The van der Waals surface area contributed by atoms with Crippen LogP contribution in [0.5, 0.6) is 0 Å². The summed E-state index contributed by atoms with van der Waals surface area (Å²) < 4.78 is 14.2. The van der Waals surface area contributed by atoms with Gasteiger partial charge in [-0.1, -0.05) is 39.3 Å². The van der Waals surface area contributed by atoms with Gasteiger partial charge in [-0.25, -0.2) is 4.39 Å². The molecule has 0 radical (unpaired) electrons. The van der Waals surface area contributed by atoms with Crippen LogP contribution in [0.1, 0.15) is 58.4 Å². The Morgan fingerprint density at radius 2 is 2.00 bits per heavy atom. The van der Waals surface area contributed by atoms with Crippen LogP contribution in [0.15, 0.2) is 22.7 Å². The molecule has 21 heavy (non-hydrogen) atoms. The van der Waals surface area contributed by atoms with Crippen molar-refractivity contribution in [2.24, 2.45) is 17.1 Å². The molecule has 0 aromatic heterocycles. The summed E-state index contributed by atoms with van der Waals surface area (Å²) in [6, 6.07) is 5.24. The fraction of sp³-hybridized carbons (Fsp3) is 0.667. The van der Waals surface area contributed by atoms with Gasteiger partial charge in [-0.15, -0.1) is 0 Å². The second-order valence-corrected chi connectivity index (χ2v) is 8.54. The molecule has 3 heteroatoms. The summed E-state index contributed by atoms with van der Waals surface area (Å²) in [6.07, 6.45) is 6.41. The van der Waals surface area contributed by atoms with E-state index in [-0.39, 0.29) is 11.4 Å². The molecule has 1 aromatic rings. The van der Waals surface area contributed by atoms with E-state index in [0.29, 0.717) is 9.89 Å². The Bertz CT molecular complexity index is 494. The van der Waals surface area contributed by atoms with E-state index in [0.717, 1.165) is 30.7 Å². The molecule has 2 unspecified atom stereocenters. The maximum atomic E-state index is 13.7. The molecule has 1 aromatic carbocycles. The van der Waals surface area contributed by atoms with Crippen LogP contribution in [0.2, 0.25) is 0 Å². The van der Waals surface area contributed by atoms with Crippen LogP contribution >= 0.6 is 15.9 Å². The highest BCUT2D eigenvalue weighted by Gasteiger charge is 2.34. The van der Waals surface area contributed by atoms with Crippen LogP contribution in [0, 0.1) is 17.2 Å². The van der Waals surface area contributed by atoms with Crippen LogP contribution in [0.25, 0.3) is 0 Å². The first-order valence-corrected chi connectivity index (χ1v) is 8.72. The van der Waals surface area contributed by atoms with Crippen molar-refractivity contribution in [3.8, 4) is 0 Å². The summed E-state index contributed by atoms with van der Waals surface area (Å²) in [4.78, 5) is 0. The second kappa shape index (κ2) is 6.37. The van der Waals surface area contributed by atoms with E-state index >= 15 is 0 Å². The highest BCUT2D eigenvalue weighted by molar-refractivity contribution is 9.10. The van der Waals surface area contributed by atoms with Crippen LogP contribution in [-0.4, -0.2) is 5.54 Å². The van der Waals surface area contributed by atoms with Crippen molar-refractivity contribution in [1.82, 2.24) is 0 Å². The summed E-state index contributed by atoms with van der Waals surface area (Å²) in [6.45, 7) is 6.97. The predicted octanol–water partition coefficient (Wildman–Crippen LogP) is 5.45. The summed E-state index contributed by atoms with van der Waals surface area (Å²) >= 11 is 3.36. The number of hydrogen-bond acceptors (Lipinski definition) is 1. The van der Waals surface area contributed by atoms with E-state index in [9.17, 15) is 4.39 Å². The molecule has 1 fully saturated rings. The number of halogens is 2. The molecular weight excluding hydrogens is 329 g/mol. The van der Waals surface area contributed by atoms with Gasteiger partial charge in [-0.3, -0.25) is 0 Å². The Morgan fingerprint density at radius 3 is 2.67 bits per heavy atom. The lowest BCUT2D eigenvalue weighted by atomic mass is 9.76. The van der Waals surface area contributed by atoms with Gasteiger partial charge in [-0.2, -0.15) is 0 Å². The minimum Gasteiger partial charge on any atom is -0.325 e. The molecule has 0 bridgehead atoms. The van der Waals surface area contributed by atoms with Crippen LogP contribution < -0.4 is 5.73 Å². The maximum Gasteiger partial charge on any atom is 0.137 e. The number of benzene rings is 1. The Hall–Kier alpha value is -0.410. The third-order valence-corrected chi connectivity index (χ3v) is 5.90. The molecule has 1 nitrogen and oxygen atoms in total. The first-order valence-electron chi connectivity index (χ1n) is 7.93. The number of hydrogen-bond donors (Lipinski definition) is 1.